The summed E-state index contributed by atoms with van der Waals surface area (Å²) < 4.78 is 0. The number of nitrogens with zero attached hydrogens (tertiary/aromatic N) is 4. The number of carbonyl (C=O) groups excluding carboxylic acids is 1. The lowest BCUT2D eigenvalue weighted by atomic mass is 10.1. The summed E-state index contributed by atoms with van der Waals surface area (Å²) >= 11 is 11.2. The van der Waals surface area contributed by atoms with Crippen LogP contribution in [0.5, 0.6) is 0 Å². The number of aromatic nitrogens is 3. The summed E-state index contributed by atoms with van der Waals surface area (Å²) in [7, 11) is 0. The lowest BCUT2D eigenvalue weighted by Crippen LogP contribution is -2.27. The number of carbonyl (C=O) groups is 1. The van der Waals surface area contributed by atoms with Crippen molar-refractivity contribution >= 4 is 35.1 Å². The van der Waals surface area contributed by atoms with Crippen molar-refractivity contribution in [2.75, 3.05) is 18.1 Å². The van der Waals surface area contributed by atoms with Crippen LogP contribution in [0.3, 0.4) is 0 Å². The van der Waals surface area contributed by atoms with Gasteiger partial charge in [0.2, 0.25) is 22.4 Å². The minimum atomic E-state index is -0.155. The van der Waals surface area contributed by atoms with Crippen LogP contribution in [0.4, 0.5) is 5.95 Å². The first kappa shape index (κ1) is 11.5. The van der Waals surface area contributed by atoms with E-state index < -0.39 is 0 Å². The Hall–Kier alpha value is -0.980. The number of hydrogen-bond donors (Lipinski definition) is 1. The van der Waals surface area contributed by atoms with Gasteiger partial charge in [0, 0.05) is 25.5 Å². The van der Waals surface area contributed by atoms with Crippen molar-refractivity contribution < 1.29 is 9.90 Å². The molecule has 1 amide bonds. The lowest BCUT2D eigenvalue weighted by Gasteiger charge is -2.13. The molecule has 0 aliphatic carbocycles. The zero-order valence-corrected chi connectivity index (χ0v) is 9.61. The molecule has 8 heteroatoms. The van der Waals surface area contributed by atoms with Crippen LogP contribution >= 0.6 is 23.2 Å². The molecule has 86 valence electrons. The van der Waals surface area contributed by atoms with Crippen LogP contribution in [-0.2, 0) is 4.79 Å². The fourth-order valence-electron chi connectivity index (χ4n) is 1.53. The Balaban J connectivity index is 2.27. The maximum Gasteiger partial charge on any atom is 0.237 e. The van der Waals surface area contributed by atoms with Crippen molar-refractivity contribution in [3.8, 4) is 0 Å². The molecule has 1 aromatic heterocycles. The van der Waals surface area contributed by atoms with Gasteiger partial charge in [-0.3, -0.25) is 9.69 Å². The standard InChI is InChI=1S/C8H8Cl2N4O2/c9-6-11-7(10)13-8(12-6)14-2-4(3-15)1-5(14)16/h4,15H,1-3H2. The van der Waals surface area contributed by atoms with Crippen LogP contribution in [0.1, 0.15) is 6.42 Å². The van der Waals surface area contributed by atoms with E-state index in [1.165, 1.54) is 4.90 Å². The first-order valence-corrected chi connectivity index (χ1v) is 5.34. The van der Waals surface area contributed by atoms with E-state index in [-0.39, 0.29) is 41.4 Å². The zero-order valence-electron chi connectivity index (χ0n) is 8.10. The molecule has 0 radical (unpaired) electrons. The molecule has 1 unspecified atom stereocenters. The second-order valence-corrected chi connectivity index (χ2v) is 4.11. The van der Waals surface area contributed by atoms with Gasteiger partial charge in [0.25, 0.3) is 0 Å². The third-order valence-corrected chi connectivity index (χ3v) is 2.61. The van der Waals surface area contributed by atoms with E-state index in [0.717, 1.165) is 0 Å². The minimum Gasteiger partial charge on any atom is -0.396 e. The van der Waals surface area contributed by atoms with Gasteiger partial charge in [0.15, 0.2) is 0 Å². The van der Waals surface area contributed by atoms with Gasteiger partial charge >= 0.3 is 0 Å². The molecule has 1 aliphatic rings. The van der Waals surface area contributed by atoms with Crippen LogP contribution in [0, 0.1) is 5.92 Å². The third-order valence-electron chi connectivity index (χ3n) is 2.27. The number of aliphatic hydroxyl groups is 1. The molecule has 1 aromatic rings. The average molecular weight is 263 g/mol. The van der Waals surface area contributed by atoms with Gasteiger partial charge in [-0.05, 0) is 23.2 Å². The molecular weight excluding hydrogens is 255 g/mol. The maximum absolute atomic E-state index is 11.6. The number of aliphatic hydroxyl groups excluding tert-OH is 1. The summed E-state index contributed by atoms with van der Waals surface area (Å²) in [5.41, 5.74) is 0. The number of amides is 1. The highest BCUT2D eigenvalue weighted by Gasteiger charge is 2.32. The smallest absolute Gasteiger partial charge is 0.237 e. The van der Waals surface area contributed by atoms with E-state index in [2.05, 4.69) is 15.0 Å². The number of hydrogen-bond acceptors (Lipinski definition) is 5. The molecule has 1 fully saturated rings. The van der Waals surface area contributed by atoms with Crippen LogP contribution in [0.15, 0.2) is 0 Å². The van der Waals surface area contributed by atoms with Gasteiger partial charge < -0.3 is 5.11 Å². The zero-order chi connectivity index (χ0) is 11.7. The Bertz CT molecular complexity index is 408. The minimum absolute atomic E-state index is 0.0468. The predicted molar refractivity (Wildman–Crippen MR) is 57.4 cm³/mol. The second-order valence-electron chi connectivity index (χ2n) is 3.43. The molecule has 1 saturated heterocycles. The van der Waals surface area contributed by atoms with Crippen molar-refractivity contribution in [3.05, 3.63) is 10.6 Å². The van der Waals surface area contributed by atoms with Crippen molar-refractivity contribution in [2.24, 2.45) is 5.92 Å². The number of halogens is 2. The molecule has 1 N–H and O–H groups in total. The van der Waals surface area contributed by atoms with Crippen molar-refractivity contribution in [2.45, 2.75) is 6.42 Å². The van der Waals surface area contributed by atoms with E-state index >= 15 is 0 Å². The van der Waals surface area contributed by atoms with Crippen LogP contribution in [-0.4, -0.2) is 39.1 Å². The second kappa shape index (κ2) is 4.48. The first-order chi connectivity index (χ1) is 7.60. The van der Waals surface area contributed by atoms with Crippen molar-refractivity contribution in [3.63, 3.8) is 0 Å². The Morgan fingerprint density at radius 1 is 1.31 bits per heavy atom. The fourth-order valence-corrected chi connectivity index (χ4v) is 1.89. The van der Waals surface area contributed by atoms with Crippen LogP contribution in [0.25, 0.3) is 0 Å². The molecule has 6 nitrogen and oxygen atoms in total. The van der Waals surface area contributed by atoms with E-state index in [1.54, 1.807) is 0 Å². The summed E-state index contributed by atoms with van der Waals surface area (Å²) in [5.74, 6) is -0.120. The van der Waals surface area contributed by atoms with E-state index in [1.807, 2.05) is 0 Å². The normalized spacial score (nSPS) is 20.6. The maximum atomic E-state index is 11.6. The molecule has 0 bridgehead atoms. The van der Waals surface area contributed by atoms with Gasteiger partial charge in [-0.15, -0.1) is 0 Å². The lowest BCUT2D eigenvalue weighted by molar-refractivity contribution is -0.117. The van der Waals surface area contributed by atoms with Gasteiger partial charge in [-0.1, -0.05) is 0 Å². The molecule has 0 aromatic carbocycles. The summed E-state index contributed by atoms with van der Waals surface area (Å²) in [6, 6.07) is 0. The summed E-state index contributed by atoms with van der Waals surface area (Å²) in [6.45, 7) is 0.320. The molecule has 0 saturated carbocycles. The fraction of sp³-hybridized carbons (Fsp3) is 0.500. The molecule has 16 heavy (non-hydrogen) atoms. The molecule has 1 aliphatic heterocycles. The van der Waals surface area contributed by atoms with E-state index in [9.17, 15) is 4.79 Å². The molecule has 1 atom stereocenters. The SMILES string of the molecule is O=C1CC(CO)CN1c1nc(Cl)nc(Cl)n1. The monoisotopic (exact) mass is 262 g/mol. The largest absolute Gasteiger partial charge is 0.396 e. The number of anilines is 1. The van der Waals surface area contributed by atoms with Gasteiger partial charge in [0.1, 0.15) is 0 Å². The Kier molecular flexibility index (Phi) is 3.22. The number of rotatable bonds is 2. The Labute approximate surface area is 101 Å². The highest BCUT2D eigenvalue weighted by atomic mass is 35.5. The summed E-state index contributed by atoms with van der Waals surface area (Å²) in [4.78, 5) is 24.2. The van der Waals surface area contributed by atoms with Gasteiger partial charge in [0.05, 0.1) is 0 Å². The highest BCUT2D eigenvalue weighted by Crippen LogP contribution is 2.23. The third kappa shape index (κ3) is 2.23. The van der Waals surface area contributed by atoms with Crippen molar-refractivity contribution in [1.82, 2.24) is 15.0 Å². The van der Waals surface area contributed by atoms with Crippen molar-refractivity contribution in [1.29, 1.82) is 0 Å². The topological polar surface area (TPSA) is 79.2 Å². The average Bonchev–Trinajstić information content (AvgIpc) is 2.58. The van der Waals surface area contributed by atoms with Gasteiger partial charge in [-0.2, -0.15) is 15.0 Å². The predicted octanol–water partition coefficient (Wildman–Crippen LogP) is 0.524. The van der Waals surface area contributed by atoms with Crippen LogP contribution < -0.4 is 4.90 Å². The molecular formula is C8H8Cl2N4O2. The Morgan fingerprint density at radius 3 is 2.44 bits per heavy atom. The molecule has 0 spiro atoms. The highest BCUT2D eigenvalue weighted by molar-refractivity contribution is 6.31. The Morgan fingerprint density at radius 2 is 1.94 bits per heavy atom. The molecule has 2 heterocycles. The summed E-state index contributed by atoms with van der Waals surface area (Å²) in [5, 5.41) is 8.85. The van der Waals surface area contributed by atoms with Crippen LogP contribution in [0.2, 0.25) is 10.6 Å². The van der Waals surface area contributed by atoms with E-state index in [0.29, 0.717) is 6.54 Å². The first-order valence-electron chi connectivity index (χ1n) is 4.58. The van der Waals surface area contributed by atoms with Gasteiger partial charge in [-0.25, -0.2) is 0 Å². The molecule has 2 rings (SSSR count). The quantitative estimate of drug-likeness (QED) is 0.841. The summed E-state index contributed by atoms with van der Waals surface area (Å²) in [6.07, 6.45) is 0.275. The van der Waals surface area contributed by atoms with E-state index in [4.69, 9.17) is 28.3 Å².